The maximum atomic E-state index is 6.78. The molecular weight excluding hydrogens is 745 g/mol. The molecule has 3 aromatic heterocycles. The van der Waals surface area contributed by atoms with Crippen molar-refractivity contribution in [3.8, 4) is 51.0 Å². The van der Waals surface area contributed by atoms with Gasteiger partial charge in [0.1, 0.15) is 11.2 Å². The minimum Gasteiger partial charge on any atom is -0.456 e. The highest BCUT2D eigenvalue weighted by Gasteiger charge is 2.50. The van der Waals surface area contributed by atoms with E-state index in [0.717, 1.165) is 44.3 Å². The van der Waals surface area contributed by atoms with Gasteiger partial charge in [-0.15, -0.1) is 0 Å². The standard InChI is InChI=1S/C56H32N4O/c1-3-14-34(15-4-1)53-57-54(35-16-5-2-6-17-35)59-55(58-53)40-21-12-27-47-50(40)39-30-29-36(32-48(39)61-47)60-45-26-13-25-44-51(45)52-46(60)31-28-33-18-11-24-43(49(33)52)56(44)41-22-9-7-19-37(41)38-20-8-10-23-42(38)56/h1-32H. The second-order valence-electron chi connectivity index (χ2n) is 16.2. The van der Waals surface area contributed by atoms with E-state index in [-0.39, 0.29) is 0 Å². The van der Waals surface area contributed by atoms with E-state index in [2.05, 4.69) is 126 Å². The molecular formula is C56H32N4O. The number of aromatic nitrogens is 4. The third-order valence-electron chi connectivity index (χ3n) is 13.2. The first-order valence-corrected chi connectivity index (χ1v) is 20.8. The van der Waals surface area contributed by atoms with Gasteiger partial charge in [0, 0.05) is 50.0 Å². The summed E-state index contributed by atoms with van der Waals surface area (Å²) in [5, 5.41) is 7.17. The fraction of sp³-hybridized carbons (Fsp3) is 0.0179. The Hall–Kier alpha value is -8.15. The third kappa shape index (κ3) is 4.26. The molecule has 14 rings (SSSR count). The molecule has 2 aliphatic rings. The zero-order chi connectivity index (χ0) is 39.8. The molecule has 0 bridgehead atoms. The van der Waals surface area contributed by atoms with Crippen molar-refractivity contribution in [1.82, 2.24) is 19.5 Å². The minimum atomic E-state index is -0.450. The van der Waals surface area contributed by atoms with Crippen molar-refractivity contribution in [3.63, 3.8) is 0 Å². The highest BCUT2D eigenvalue weighted by molar-refractivity contribution is 6.26. The first-order valence-electron chi connectivity index (χ1n) is 20.8. The maximum Gasteiger partial charge on any atom is 0.164 e. The van der Waals surface area contributed by atoms with Gasteiger partial charge in [0.2, 0.25) is 0 Å². The highest BCUT2D eigenvalue weighted by atomic mass is 16.3. The number of hydrogen-bond donors (Lipinski definition) is 0. The lowest BCUT2D eigenvalue weighted by Gasteiger charge is -2.37. The van der Waals surface area contributed by atoms with Gasteiger partial charge in [0.25, 0.3) is 0 Å². The van der Waals surface area contributed by atoms with Crippen LogP contribution in [0.15, 0.2) is 199 Å². The number of hydrogen-bond acceptors (Lipinski definition) is 4. The number of rotatable bonds is 4. The van der Waals surface area contributed by atoms with Crippen LogP contribution in [0.5, 0.6) is 0 Å². The third-order valence-corrected chi connectivity index (χ3v) is 13.2. The van der Waals surface area contributed by atoms with Crippen LogP contribution < -0.4 is 0 Å². The quantitative estimate of drug-likeness (QED) is 0.179. The Kier molecular flexibility index (Phi) is 6.43. The van der Waals surface area contributed by atoms with Gasteiger partial charge in [-0.2, -0.15) is 0 Å². The molecule has 2 aliphatic carbocycles. The van der Waals surface area contributed by atoms with Gasteiger partial charge in [0.15, 0.2) is 17.5 Å². The lowest BCUT2D eigenvalue weighted by molar-refractivity contribution is 0.668. The van der Waals surface area contributed by atoms with Gasteiger partial charge < -0.3 is 8.98 Å². The number of nitrogens with zero attached hydrogens (tertiary/aromatic N) is 4. The molecule has 0 N–H and O–H groups in total. The first-order chi connectivity index (χ1) is 30.3. The van der Waals surface area contributed by atoms with Gasteiger partial charge in [-0.25, -0.2) is 15.0 Å². The summed E-state index contributed by atoms with van der Waals surface area (Å²) in [5.41, 5.74) is 15.3. The molecule has 3 heterocycles. The predicted octanol–water partition coefficient (Wildman–Crippen LogP) is 13.7. The van der Waals surface area contributed by atoms with Crippen molar-refractivity contribution in [2.24, 2.45) is 0 Å². The second-order valence-corrected chi connectivity index (χ2v) is 16.2. The van der Waals surface area contributed by atoms with Crippen LogP contribution >= 0.6 is 0 Å². The average molecular weight is 777 g/mol. The van der Waals surface area contributed by atoms with E-state index in [4.69, 9.17) is 19.4 Å². The molecule has 9 aromatic carbocycles. The van der Waals surface area contributed by atoms with E-state index in [0.29, 0.717) is 17.5 Å². The van der Waals surface area contributed by atoms with Gasteiger partial charge in [0.05, 0.1) is 16.4 Å². The summed E-state index contributed by atoms with van der Waals surface area (Å²) < 4.78 is 9.22. The second kappa shape index (κ2) is 12.0. The van der Waals surface area contributed by atoms with Crippen molar-refractivity contribution in [2.45, 2.75) is 5.41 Å². The maximum absolute atomic E-state index is 6.78. The van der Waals surface area contributed by atoms with Crippen molar-refractivity contribution in [2.75, 3.05) is 0 Å². The average Bonchev–Trinajstić information content (AvgIpc) is 3.98. The Bertz CT molecular complexity index is 3720. The van der Waals surface area contributed by atoms with Crippen LogP contribution in [0.3, 0.4) is 0 Å². The zero-order valence-electron chi connectivity index (χ0n) is 32.7. The van der Waals surface area contributed by atoms with Crippen LogP contribution in [-0.4, -0.2) is 19.5 Å². The van der Waals surface area contributed by atoms with E-state index < -0.39 is 5.41 Å². The van der Waals surface area contributed by atoms with Crippen molar-refractivity contribution >= 4 is 54.5 Å². The van der Waals surface area contributed by atoms with Crippen molar-refractivity contribution in [3.05, 3.63) is 216 Å². The summed E-state index contributed by atoms with van der Waals surface area (Å²) in [4.78, 5) is 15.1. The molecule has 282 valence electrons. The van der Waals surface area contributed by atoms with Crippen molar-refractivity contribution in [1.29, 1.82) is 0 Å². The minimum absolute atomic E-state index is 0.450. The smallest absolute Gasteiger partial charge is 0.164 e. The van der Waals surface area contributed by atoms with Gasteiger partial charge in [-0.3, -0.25) is 0 Å². The molecule has 0 atom stereocenters. The highest BCUT2D eigenvalue weighted by Crippen LogP contribution is 2.62. The Balaban J connectivity index is 1.01. The number of furan rings is 1. The molecule has 5 nitrogen and oxygen atoms in total. The summed E-state index contributed by atoms with van der Waals surface area (Å²) >= 11 is 0. The zero-order valence-corrected chi connectivity index (χ0v) is 32.7. The van der Waals surface area contributed by atoms with Crippen LogP contribution in [0.1, 0.15) is 22.3 Å². The number of benzene rings is 9. The summed E-state index contributed by atoms with van der Waals surface area (Å²) in [6, 6.07) is 69.4. The van der Waals surface area contributed by atoms with Crippen LogP contribution in [0.4, 0.5) is 0 Å². The molecule has 5 heteroatoms. The molecule has 0 saturated heterocycles. The molecule has 1 spiro atoms. The van der Waals surface area contributed by atoms with Crippen LogP contribution in [0, 0.1) is 0 Å². The van der Waals surface area contributed by atoms with Gasteiger partial charge in [-0.05, 0) is 74.5 Å². The SMILES string of the molecule is c1ccc(-c2nc(-c3ccccc3)nc(-c3cccc4oc5cc(-n6c7cccc8c7c7c9c(cccc9ccc76)C86c7ccccc7-c7ccccc76)ccc5c34)n2)cc1. The molecule has 0 amide bonds. The Morgan fingerprint density at radius 1 is 0.377 bits per heavy atom. The Labute approximate surface area is 349 Å². The van der Waals surface area contributed by atoms with Gasteiger partial charge in [-0.1, -0.05) is 158 Å². The monoisotopic (exact) mass is 776 g/mol. The lowest BCUT2D eigenvalue weighted by Crippen LogP contribution is -2.30. The van der Waals surface area contributed by atoms with E-state index in [9.17, 15) is 0 Å². The molecule has 12 aromatic rings. The number of fused-ring (bicyclic) bond motifs is 10. The summed E-state index contributed by atoms with van der Waals surface area (Å²) in [5.74, 6) is 1.86. The van der Waals surface area contributed by atoms with Crippen LogP contribution in [0.2, 0.25) is 0 Å². The lowest BCUT2D eigenvalue weighted by atomic mass is 9.63. The molecule has 0 fully saturated rings. The fourth-order valence-corrected chi connectivity index (χ4v) is 10.9. The first kappa shape index (κ1) is 32.8. The van der Waals surface area contributed by atoms with Crippen LogP contribution in [0.25, 0.3) is 105 Å². The largest absolute Gasteiger partial charge is 0.456 e. The summed E-state index contributed by atoms with van der Waals surface area (Å²) in [6.45, 7) is 0. The van der Waals surface area contributed by atoms with E-state index >= 15 is 0 Å². The van der Waals surface area contributed by atoms with E-state index in [1.807, 2.05) is 72.8 Å². The fourth-order valence-electron chi connectivity index (χ4n) is 10.9. The van der Waals surface area contributed by atoms with E-state index in [1.165, 1.54) is 66.0 Å². The topological polar surface area (TPSA) is 56.7 Å². The Morgan fingerprint density at radius 3 is 1.67 bits per heavy atom. The molecule has 0 radical (unpaired) electrons. The molecule has 0 saturated carbocycles. The van der Waals surface area contributed by atoms with Crippen molar-refractivity contribution < 1.29 is 4.42 Å². The molecule has 0 aliphatic heterocycles. The summed E-state index contributed by atoms with van der Waals surface area (Å²) in [7, 11) is 0. The Morgan fingerprint density at radius 2 is 0.951 bits per heavy atom. The van der Waals surface area contributed by atoms with Gasteiger partial charge >= 0.3 is 0 Å². The molecule has 61 heavy (non-hydrogen) atoms. The van der Waals surface area contributed by atoms with E-state index in [1.54, 1.807) is 0 Å². The predicted molar refractivity (Wildman–Crippen MR) is 246 cm³/mol. The summed E-state index contributed by atoms with van der Waals surface area (Å²) in [6.07, 6.45) is 0. The molecule has 0 unspecified atom stereocenters. The van der Waals surface area contributed by atoms with Crippen LogP contribution in [-0.2, 0) is 5.41 Å². The normalized spacial score (nSPS) is 13.4.